The Bertz CT molecular complexity index is 1360. The summed E-state index contributed by atoms with van der Waals surface area (Å²) in [5, 5.41) is 3.80. The number of benzene rings is 2. The zero-order valence-corrected chi connectivity index (χ0v) is 21.8. The fourth-order valence-electron chi connectivity index (χ4n) is 5.11. The summed E-state index contributed by atoms with van der Waals surface area (Å²) in [6.45, 7) is 10.2. The van der Waals surface area contributed by atoms with E-state index in [4.69, 9.17) is 13.7 Å². The van der Waals surface area contributed by atoms with Gasteiger partial charge in [-0.15, -0.1) is 0 Å². The molecule has 2 aromatic carbocycles. The number of fused-ring (bicyclic) bond motifs is 1. The minimum absolute atomic E-state index is 0.00485. The van der Waals surface area contributed by atoms with Crippen molar-refractivity contribution in [1.82, 2.24) is 0 Å². The molecule has 0 unspecified atom stereocenters. The SMILES string of the molecule is Cc1cc([C@@H](C)Nc2ccc(F)c(F)c2B2OCC(C)(C)CO2)c2oc(N3CCCCC3)cc(=O)c2c1. The van der Waals surface area contributed by atoms with Crippen LogP contribution < -0.4 is 21.1 Å². The maximum Gasteiger partial charge on any atom is 0.499 e. The first-order valence-corrected chi connectivity index (χ1v) is 12.9. The van der Waals surface area contributed by atoms with Crippen LogP contribution in [0.2, 0.25) is 0 Å². The van der Waals surface area contributed by atoms with Crippen molar-refractivity contribution in [3.63, 3.8) is 0 Å². The van der Waals surface area contributed by atoms with Crippen molar-refractivity contribution in [2.75, 3.05) is 36.5 Å². The van der Waals surface area contributed by atoms with E-state index < -0.39 is 24.8 Å². The van der Waals surface area contributed by atoms with E-state index in [9.17, 15) is 9.18 Å². The molecule has 0 spiro atoms. The third-order valence-corrected chi connectivity index (χ3v) is 7.11. The summed E-state index contributed by atoms with van der Waals surface area (Å²) in [4.78, 5) is 15.2. The van der Waals surface area contributed by atoms with E-state index >= 15 is 4.39 Å². The van der Waals surface area contributed by atoms with Gasteiger partial charge in [0.15, 0.2) is 22.9 Å². The maximum absolute atomic E-state index is 15.1. The van der Waals surface area contributed by atoms with Gasteiger partial charge in [-0.3, -0.25) is 4.79 Å². The molecule has 0 bridgehead atoms. The van der Waals surface area contributed by atoms with E-state index in [1.54, 1.807) is 6.07 Å². The van der Waals surface area contributed by atoms with Crippen LogP contribution in [0.15, 0.2) is 39.5 Å². The van der Waals surface area contributed by atoms with E-state index in [2.05, 4.69) is 10.2 Å². The average Bonchev–Trinajstić information content (AvgIpc) is 2.87. The quantitative estimate of drug-likeness (QED) is 0.470. The van der Waals surface area contributed by atoms with Crippen LogP contribution in [0.4, 0.5) is 20.4 Å². The second kappa shape index (κ2) is 10.1. The molecule has 0 saturated carbocycles. The van der Waals surface area contributed by atoms with Crippen molar-refractivity contribution >= 4 is 35.1 Å². The number of anilines is 2. The van der Waals surface area contributed by atoms with E-state index in [-0.39, 0.29) is 16.3 Å². The van der Waals surface area contributed by atoms with Crippen molar-refractivity contribution in [2.45, 2.75) is 53.0 Å². The minimum Gasteiger partial charge on any atom is -0.440 e. The summed E-state index contributed by atoms with van der Waals surface area (Å²) >= 11 is 0. The van der Waals surface area contributed by atoms with Crippen molar-refractivity contribution in [3.8, 4) is 0 Å². The van der Waals surface area contributed by atoms with E-state index in [1.165, 1.54) is 12.5 Å². The van der Waals surface area contributed by atoms with Crippen LogP contribution in [0.1, 0.15) is 57.2 Å². The Morgan fingerprint density at radius 2 is 1.76 bits per heavy atom. The number of nitrogens with one attached hydrogen (secondary N) is 1. The van der Waals surface area contributed by atoms with Crippen molar-refractivity contribution in [3.05, 3.63) is 63.3 Å². The van der Waals surface area contributed by atoms with Crippen LogP contribution in [-0.2, 0) is 9.31 Å². The number of nitrogens with zero attached hydrogens (tertiary/aromatic N) is 1. The van der Waals surface area contributed by atoms with Crippen LogP contribution in [0.25, 0.3) is 11.0 Å². The van der Waals surface area contributed by atoms with Gasteiger partial charge in [0.25, 0.3) is 0 Å². The Labute approximate surface area is 216 Å². The van der Waals surface area contributed by atoms with Gasteiger partial charge in [0.1, 0.15) is 5.58 Å². The lowest BCUT2D eigenvalue weighted by Crippen LogP contribution is -2.49. The van der Waals surface area contributed by atoms with Crippen molar-refractivity contribution in [2.24, 2.45) is 5.41 Å². The summed E-state index contributed by atoms with van der Waals surface area (Å²) in [5.74, 6) is -1.41. The van der Waals surface area contributed by atoms with Crippen molar-refractivity contribution in [1.29, 1.82) is 0 Å². The first-order valence-electron chi connectivity index (χ1n) is 12.9. The van der Waals surface area contributed by atoms with Crippen LogP contribution in [0, 0.1) is 24.0 Å². The second-order valence-electron chi connectivity index (χ2n) is 11.0. The second-order valence-corrected chi connectivity index (χ2v) is 11.0. The summed E-state index contributed by atoms with van der Waals surface area (Å²) in [6, 6.07) is 7.53. The first-order chi connectivity index (χ1) is 17.6. The lowest BCUT2D eigenvalue weighted by Gasteiger charge is -2.34. The standard InChI is InChI=1S/C28H33BF2N2O4/c1-17-12-19(27-20(13-17)23(34)14-24(37-27)33-10-6-5-7-11-33)18(2)32-22-9-8-21(30)26(31)25(22)29-35-15-28(3,4)16-36-29/h8-9,12-14,18,32H,5-7,10-11,15-16H2,1-4H3/t18-/m1/s1. The molecular weight excluding hydrogens is 477 g/mol. The number of aryl methyl sites for hydroxylation is 1. The lowest BCUT2D eigenvalue weighted by molar-refractivity contribution is 0.0340. The summed E-state index contributed by atoms with van der Waals surface area (Å²) in [6.07, 6.45) is 3.28. The molecule has 3 heterocycles. The predicted molar refractivity (Wildman–Crippen MR) is 143 cm³/mol. The molecule has 3 aromatic rings. The third kappa shape index (κ3) is 5.25. The molecule has 0 amide bonds. The van der Waals surface area contributed by atoms with E-state index in [1.807, 2.05) is 39.8 Å². The van der Waals surface area contributed by atoms with Crippen molar-refractivity contribution < 1.29 is 22.5 Å². The fourth-order valence-corrected chi connectivity index (χ4v) is 5.11. The molecular formula is C28H33BF2N2O4. The monoisotopic (exact) mass is 510 g/mol. The number of piperidine rings is 1. The van der Waals surface area contributed by atoms with Gasteiger partial charge in [0.2, 0.25) is 0 Å². The van der Waals surface area contributed by atoms with Gasteiger partial charge >= 0.3 is 7.12 Å². The van der Waals surface area contributed by atoms with Gasteiger partial charge < -0.3 is 23.9 Å². The minimum atomic E-state index is -1.03. The smallest absolute Gasteiger partial charge is 0.440 e. The zero-order valence-electron chi connectivity index (χ0n) is 21.8. The van der Waals surface area contributed by atoms with E-state index in [0.29, 0.717) is 35.8 Å². The number of halogens is 2. The molecule has 9 heteroatoms. The molecule has 1 aromatic heterocycles. The molecule has 2 saturated heterocycles. The molecule has 0 radical (unpaired) electrons. The highest BCUT2D eigenvalue weighted by molar-refractivity contribution is 6.63. The largest absolute Gasteiger partial charge is 0.499 e. The van der Waals surface area contributed by atoms with Gasteiger partial charge in [-0.05, 0) is 56.9 Å². The number of hydrogen-bond donors (Lipinski definition) is 1. The Kier molecular flexibility index (Phi) is 7.02. The molecule has 5 rings (SSSR count). The fraction of sp³-hybridized carbons (Fsp3) is 0.464. The first kappa shape index (κ1) is 25.7. The molecule has 37 heavy (non-hydrogen) atoms. The highest BCUT2D eigenvalue weighted by atomic mass is 19.2. The van der Waals surface area contributed by atoms with Gasteiger partial charge in [-0.25, -0.2) is 8.78 Å². The van der Waals surface area contributed by atoms with Gasteiger partial charge in [0.05, 0.1) is 11.4 Å². The molecule has 2 aliphatic heterocycles. The molecule has 196 valence electrons. The molecule has 0 aliphatic carbocycles. The van der Waals surface area contributed by atoms with Gasteiger partial charge in [-0.2, -0.15) is 0 Å². The topological polar surface area (TPSA) is 63.9 Å². The highest BCUT2D eigenvalue weighted by Gasteiger charge is 2.38. The Morgan fingerprint density at radius 1 is 1.05 bits per heavy atom. The summed E-state index contributed by atoms with van der Waals surface area (Å²) in [7, 11) is -1.03. The Morgan fingerprint density at radius 3 is 2.46 bits per heavy atom. The number of hydrogen-bond acceptors (Lipinski definition) is 6. The van der Waals surface area contributed by atoms with Crippen LogP contribution >= 0.6 is 0 Å². The zero-order chi connectivity index (χ0) is 26.3. The van der Waals surface area contributed by atoms with Crippen LogP contribution in [0.5, 0.6) is 0 Å². The highest BCUT2D eigenvalue weighted by Crippen LogP contribution is 2.31. The molecule has 2 fully saturated rings. The predicted octanol–water partition coefficient (Wildman–Crippen LogP) is 5.31. The average molecular weight is 510 g/mol. The third-order valence-electron chi connectivity index (χ3n) is 7.11. The molecule has 1 atom stereocenters. The molecule has 1 N–H and O–H groups in total. The molecule has 2 aliphatic rings. The van der Waals surface area contributed by atoms with Gasteiger partial charge in [0, 0.05) is 54.5 Å². The van der Waals surface area contributed by atoms with Gasteiger partial charge in [-0.1, -0.05) is 19.9 Å². The Balaban J connectivity index is 1.53. The molecule has 6 nitrogen and oxygen atoms in total. The van der Waals surface area contributed by atoms with Crippen LogP contribution in [0.3, 0.4) is 0 Å². The normalized spacial score (nSPS) is 18.8. The summed E-state index contributed by atoms with van der Waals surface area (Å²) < 4.78 is 47.3. The number of rotatable bonds is 5. The summed E-state index contributed by atoms with van der Waals surface area (Å²) in [5.41, 5.74) is 2.20. The van der Waals surface area contributed by atoms with E-state index in [0.717, 1.165) is 43.1 Å². The lowest BCUT2D eigenvalue weighted by atomic mass is 9.74. The van der Waals surface area contributed by atoms with Crippen LogP contribution in [-0.4, -0.2) is 33.4 Å². The maximum atomic E-state index is 15.1. The Hall–Kier alpha value is -2.91.